The van der Waals surface area contributed by atoms with E-state index in [2.05, 4.69) is 11.9 Å². The number of para-hydroxylation sites is 1. The third kappa shape index (κ3) is 3.92. The highest BCUT2D eigenvalue weighted by molar-refractivity contribution is 5.85. The Hall–Kier alpha value is -1.65. The van der Waals surface area contributed by atoms with E-state index in [0.29, 0.717) is 19.8 Å². The van der Waals surface area contributed by atoms with E-state index in [1.807, 2.05) is 30.3 Å². The highest BCUT2D eigenvalue weighted by Gasteiger charge is 2.05. The van der Waals surface area contributed by atoms with E-state index < -0.39 is 0 Å². The number of fused-ring (bicyclic) bond motifs is 1. The molecule has 108 valence electrons. The Kier molecular flexibility index (Phi) is 5.77. The molecule has 0 amide bonds. The van der Waals surface area contributed by atoms with E-state index in [4.69, 9.17) is 15.2 Å². The molecule has 2 rings (SSSR count). The van der Waals surface area contributed by atoms with Crippen LogP contribution in [0.4, 0.5) is 0 Å². The summed E-state index contributed by atoms with van der Waals surface area (Å²) in [5.41, 5.74) is 7.43. The van der Waals surface area contributed by atoms with Crippen LogP contribution < -0.4 is 10.5 Å². The molecule has 1 heterocycles. The lowest BCUT2D eigenvalue weighted by molar-refractivity contribution is 0.0985. The number of unbranched alkanes of at least 4 members (excludes halogenated alkanes) is 1. The second-order valence-electron chi connectivity index (χ2n) is 4.65. The maximum Gasteiger partial charge on any atom is 0.130 e. The average molecular weight is 274 g/mol. The van der Waals surface area contributed by atoms with Crippen LogP contribution >= 0.6 is 0 Å². The van der Waals surface area contributed by atoms with E-state index in [-0.39, 0.29) is 0 Å². The Morgan fingerprint density at radius 2 is 2.00 bits per heavy atom. The molecule has 4 heteroatoms. The van der Waals surface area contributed by atoms with Crippen molar-refractivity contribution in [2.75, 3.05) is 19.8 Å². The molecule has 1 aromatic carbocycles. The van der Waals surface area contributed by atoms with Crippen LogP contribution in [0.15, 0.2) is 30.3 Å². The largest absolute Gasteiger partial charge is 0.490 e. The number of hydrogen-bond donors (Lipinski definition) is 1. The van der Waals surface area contributed by atoms with Crippen molar-refractivity contribution in [1.29, 1.82) is 0 Å². The summed E-state index contributed by atoms with van der Waals surface area (Å²) in [7, 11) is 0. The maximum atomic E-state index is 5.82. The molecule has 0 saturated heterocycles. The standard InChI is InChI=1S/C16H22N2O2/c1-2-3-8-19-9-10-20-16-11-13(12-17)18-15-7-5-4-6-14(15)16/h4-7,11H,2-3,8-10,12,17H2,1H3. The Balaban J connectivity index is 2.01. The van der Waals surface area contributed by atoms with Crippen molar-refractivity contribution in [2.24, 2.45) is 5.73 Å². The Morgan fingerprint density at radius 1 is 1.15 bits per heavy atom. The molecule has 20 heavy (non-hydrogen) atoms. The molecule has 1 aromatic heterocycles. The van der Waals surface area contributed by atoms with Crippen LogP contribution in [0.25, 0.3) is 10.9 Å². The van der Waals surface area contributed by atoms with Gasteiger partial charge in [-0.2, -0.15) is 0 Å². The van der Waals surface area contributed by atoms with E-state index in [0.717, 1.165) is 41.8 Å². The van der Waals surface area contributed by atoms with Crippen molar-refractivity contribution in [3.05, 3.63) is 36.0 Å². The van der Waals surface area contributed by atoms with Gasteiger partial charge < -0.3 is 15.2 Å². The number of pyridine rings is 1. The van der Waals surface area contributed by atoms with Crippen molar-refractivity contribution < 1.29 is 9.47 Å². The molecule has 0 saturated carbocycles. The third-order valence-electron chi connectivity index (χ3n) is 3.07. The van der Waals surface area contributed by atoms with E-state index in [1.54, 1.807) is 0 Å². The molecule has 0 bridgehead atoms. The lowest BCUT2D eigenvalue weighted by atomic mass is 10.2. The molecule has 2 N–H and O–H groups in total. The van der Waals surface area contributed by atoms with Gasteiger partial charge in [0.15, 0.2) is 0 Å². The average Bonchev–Trinajstić information content (AvgIpc) is 2.50. The summed E-state index contributed by atoms with van der Waals surface area (Å²) in [5, 5.41) is 1.01. The predicted octanol–water partition coefficient (Wildman–Crippen LogP) is 2.89. The second-order valence-corrected chi connectivity index (χ2v) is 4.65. The number of rotatable bonds is 8. The van der Waals surface area contributed by atoms with Gasteiger partial charge in [0.25, 0.3) is 0 Å². The SMILES string of the molecule is CCCCOCCOc1cc(CN)nc2ccccc12. The summed E-state index contributed by atoms with van der Waals surface area (Å²) in [6.45, 7) is 4.51. The number of benzene rings is 1. The van der Waals surface area contributed by atoms with Gasteiger partial charge in [0.2, 0.25) is 0 Å². The summed E-state index contributed by atoms with van der Waals surface area (Å²) in [6, 6.07) is 9.84. The van der Waals surface area contributed by atoms with E-state index >= 15 is 0 Å². The highest BCUT2D eigenvalue weighted by atomic mass is 16.5. The first-order valence-electron chi connectivity index (χ1n) is 7.14. The van der Waals surface area contributed by atoms with Gasteiger partial charge in [-0.15, -0.1) is 0 Å². The minimum absolute atomic E-state index is 0.411. The molecule has 0 fully saturated rings. The number of aromatic nitrogens is 1. The number of nitrogens with two attached hydrogens (primary N) is 1. The van der Waals surface area contributed by atoms with Crippen molar-refractivity contribution in [2.45, 2.75) is 26.3 Å². The monoisotopic (exact) mass is 274 g/mol. The molecule has 0 spiro atoms. The van der Waals surface area contributed by atoms with Crippen LogP contribution in [-0.4, -0.2) is 24.8 Å². The van der Waals surface area contributed by atoms with Crippen molar-refractivity contribution in [1.82, 2.24) is 4.98 Å². The number of ether oxygens (including phenoxy) is 2. The summed E-state index contributed by atoms with van der Waals surface area (Å²) in [6.07, 6.45) is 2.24. The quantitative estimate of drug-likeness (QED) is 0.752. The predicted molar refractivity (Wildman–Crippen MR) is 80.9 cm³/mol. The molecular formula is C16H22N2O2. The summed E-state index contributed by atoms with van der Waals surface area (Å²) < 4.78 is 11.3. The Labute approximate surface area is 119 Å². The first-order valence-corrected chi connectivity index (χ1v) is 7.14. The smallest absolute Gasteiger partial charge is 0.130 e. The lowest BCUT2D eigenvalue weighted by Crippen LogP contribution is -2.09. The van der Waals surface area contributed by atoms with Gasteiger partial charge in [-0.25, -0.2) is 0 Å². The van der Waals surface area contributed by atoms with Crippen molar-refractivity contribution in [3.8, 4) is 5.75 Å². The zero-order valence-electron chi connectivity index (χ0n) is 12.0. The fraction of sp³-hybridized carbons (Fsp3) is 0.438. The van der Waals surface area contributed by atoms with Crippen molar-refractivity contribution >= 4 is 10.9 Å². The highest BCUT2D eigenvalue weighted by Crippen LogP contribution is 2.25. The van der Waals surface area contributed by atoms with Gasteiger partial charge in [-0.1, -0.05) is 25.5 Å². The van der Waals surface area contributed by atoms with Gasteiger partial charge in [-0.3, -0.25) is 4.98 Å². The van der Waals surface area contributed by atoms with Crippen LogP contribution in [0, 0.1) is 0 Å². The van der Waals surface area contributed by atoms with Crippen LogP contribution in [0.5, 0.6) is 5.75 Å². The molecular weight excluding hydrogens is 252 g/mol. The minimum Gasteiger partial charge on any atom is -0.490 e. The summed E-state index contributed by atoms with van der Waals surface area (Å²) in [4.78, 5) is 4.49. The van der Waals surface area contributed by atoms with Crippen LogP contribution in [0.2, 0.25) is 0 Å². The number of nitrogens with zero attached hydrogens (tertiary/aromatic N) is 1. The normalized spacial score (nSPS) is 10.9. The fourth-order valence-electron chi connectivity index (χ4n) is 1.98. The third-order valence-corrected chi connectivity index (χ3v) is 3.07. The Bertz CT molecular complexity index is 543. The fourth-order valence-corrected chi connectivity index (χ4v) is 1.98. The lowest BCUT2D eigenvalue weighted by Gasteiger charge is -2.11. The molecule has 0 atom stereocenters. The van der Waals surface area contributed by atoms with Crippen LogP contribution in [0.3, 0.4) is 0 Å². The molecule has 0 aliphatic carbocycles. The van der Waals surface area contributed by atoms with Gasteiger partial charge in [0.05, 0.1) is 17.8 Å². The zero-order valence-corrected chi connectivity index (χ0v) is 12.0. The summed E-state index contributed by atoms with van der Waals surface area (Å²) >= 11 is 0. The van der Waals surface area contributed by atoms with Gasteiger partial charge in [0.1, 0.15) is 12.4 Å². The molecule has 0 aliphatic heterocycles. The topological polar surface area (TPSA) is 57.4 Å². The van der Waals surface area contributed by atoms with Gasteiger partial charge >= 0.3 is 0 Å². The minimum atomic E-state index is 0.411. The molecule has 0 aliphatic rings. The molecule has 0 unspecified atom stereocenters. The van der Waals surface area contributed by atoms with Crippen LogP contribution in [0.1, 0.15) is 25.5 Å². The number of hydrogen-bond acceptors (Lipinski definition) is 4. The summed E-state index contributed by atoms with van der Waals surface area (Å²) in [5.74, 6) is 0.829. The van der Waals surface area contributed by atoms with Gasteiger partial charge in [-0.05, 0) is 18.6 Å². The first kappa shape index (κ1) is 14.8. The second kappa shape index (κ2) is 7.82. The first-order chi connectivity index (χ1) is 9.85. The molecule has 2 aromatic rings. The maximum absolute atomic E-state index is 5.82. The van der Waals surface area contributed by atoms with Crippen LogP contribution in [-0.2, 0) is 11.3 Å². The zero-order chi connectivity index (χ0) is 14.2. The van der Waals surface area contributed by atoms with Crippen molar-refractivity contribution in [3.63, 3.8) is 0 Å². The molecule has 0 radical (unpaired) electrons. The Morgan fingerprint density at radius 3 is 2.80 bits per heavy atom. The van der Waals surface area contributed by atoms with E-state index in [9.17, 15) is 0 Å². The van der Waals surface area contributed by atoms with Gasteiger partial charge in [0, 0.05) is 24.6 Å². The molecule has 4 nitrogen and oxygen atoms in total. The van der Waals surface area contributed by atoms with E-state index in [1.165, 1.54) is 0 Å².